The molecule has 1 aromatic heterocycles. The third-order valence-corrected chi connectivity index (χ3v) is 4.52. The predicted octanol–water partition coefficient (Wildman–Crippen LogP) is 6.02. The molecule has 0 unspecified atom stereocenters. The van der Waals surface area contributed by atoms with Gasteiger partial charge in [0.05, 0.1) is 6.61 Å². The van der Waals surface area contributed by atoms with E-state index in [1.54, 1.807) is 12.1 Å². The van der Waals surface area contributed by atoms with Gasteiger partial charge in [-0.1, -0.05) is 31.5 Å². The van der Waals surface area contributed by atoms with Crippen molar-refractivity contribution in [1.29, 1.82) is 0 Å². The van der Waals surface area contributed by atoms with Crippen molar-refractivity contribution in [1.82, 2.24) is 0 Å². The fourth-order valence-corrected chi connectivity index (χ4v) is 3.04. The van der Waals surface area contributed by atoms with Crippen molar-refractivity contribution in [3.8, 4) is 5.75 Å². The van der Waals surface area contributed by atoms with E-state index in [-0.39, 0.29) is 5.91 Å². The Labute approximate surface area is 157 Å². The highest BCUT2D eigenvalue weighted by atomic mass is 16.5. The minimum absolute atomic E-state index is 0.162. The average molecular weight is 359 g/mol. The van der Waals surface area contributed by atoms with Crippen LogP contribution >= 0.6 is 0 Å². The van der Waals surface area contributed by atoms with Crippen LogP contribution in [-0.4, -0.2) is 12.5 Å². The van der Waals surface area contributed by atoms with E-state index >= 15 is 0 Å². The molecule has 1 amide bonds. The second-order valence-electron chi connectivity index (χ2n) is 6.49. The molecule has 0 bridgehead atoms. The molecule has 0 spiro atoms. The van der Waals surface area contributed by atoms with Gasteiger partial charge in [-0.25, -0.2) is 0 Å². The summed E-state index contributed by atoms with van der Waals surface area (Å²) in [5, 5.41) is 5.04. The standard InChI is InChI=1S/C23H21NO3/c1-2-3-14-26-18-11-8-16(9-12-18)23(25)24-17-10-13-20-19-6-4-5-7-21(19)27-22(20)15-17/h4-13,15H,2-3,14H2,1H3,(H,24,25). The number of unbranched alkanes of at least 4 members (excludes halogenated alkanes) is 1. The maximum absolute atomic E-state index is 12.5. The van der Waals surface area contributed by atoms with Crippen LogP contribution < -0.4 is 10.1 Å². The van der Waals surface area contributed by atoms with E-state index in [1.807, 2.05) is 54.6 Å². The fraction of sp³-hybridized carbons (Fsp3) is 0.174. The number of amides is 1. The van der Waals surface area contributed by atoms with Gasteiger partial charge in [-0.15, -0.1) is 0 Å². The van der Waals surface area contributed by atoms with Crippen LogP contribution in [0.4, 0.5) is 5.69 Å². The number of rotatable bonds is 6. The Hall–Kier alpha value is -3.27. The summed E-state index contributed by atoms with van der Waals surface area (Å²) in [4.78, 5) is 12.5. The van der Waals surface area contributed by atoms with Gasteiger partial charge in [0.25, 0.3) is 5.91 Å². The van der Waals surface area contributed by atoms with Gasteiger partial charge in [-0.05, 0) is 48.9 Å². The van der Waals surface area contributed by atoms with E-state index in [1.165, 1.54) is 0 Å². The highest BCUT2D eigenvalue weighted by molar-refractivity contribution is 6.08. The van der Waals surface area contributed by atoms with Crippen molar-refractivity contribution >= 4 is 33.5 Å². The minimum atomic E-state index is -0.162. The predicted molar refractivity (Wildman–Crippen MR) is 109 cm³/mol. The van der Waals surface area contributed by atoms with Gasteiger partial charge in [-0.2, -0.15) is 0 Å². The zero-order valence-electron chi connectivity index (χ0n) is 15.2. The van der Waals surface area contributed by atoms with Crippen LogP contribution in [0, 0.1) is 0 Å². The summed E-state index contributed by atoms with van der Waals surface area (Å²) in [7, 11) is 0. The summed E-state index contributed by atoms with van der Waals surface area (Å²) >= 11 is 0. The van der Waals surface area contributed by atoms with E-state index < -0.39 is 0 Å². The monoisotopic (exact) mass is 359 g/mol. The minimum Gasteiger partial charge on any atom is -0.494 e. The Balaban J connectivity index is 1.49. The summed E-state index contributed by atoms with van der Waals surface area (Å²) in [6.07, 6.45) is 2.11. The van der Waals surface area contributed by atoms with Gasteiger partial charge in [-0.3, -0.25) is 4.79 Å². The number of benzene rings is 3. The molecule has 0 saturated heterocycles. The average Bonchev–Trinajstić information content (AvgIpc) is 3.06. The van der Waals surface area contributed by atoms with Crippen LogP contribution in [0.25, 0.3) is 21.9 Å². The van der Waals surface area contributed by atoms with Crippen LogP contribution in [0.15, 0.2) is 71.1 Å². The smallest absolute Gasteiger partial charge is 0.255 e. The Morgan fingerprint density at radius 3 is 2.56 bits per heavy atom. The third-order valence-electron chi connectivity index (χ3n) is 4.52. The van der Waals surface area contributed by atoms with Crippen molar-refractivity contribution < 1.29 is 13.9 Å². The number of anilines is 1. The zero-order chi connectivity index (χ0) is 18.6. The van der Waals surface area contributed by atoms with Crippen LogP contribution in [-0.2, 0) is 0 Å². The van der Waals surface area contributed by atoms with Crippen molar-refractivity contribution in [2.45, 2.75) is 19.8 Å². The first-order valence-electron chi connectivity index (χ1n) is 9.20. The molecule has 4 heteroatoms. The van der Waals surface area contributed by atoms with Gasteiger partial charge in [0, 0.05) is 28.1 Å². The molecular weight excluding hydrogens is 338 g/mol. The maximum Gasteiger partial charge on any atom is 0.255 e. The lowest BCUT2D eigenvalue weighted by Crippen LogP contribution is -2.11. The highest BCUT2D eigenvalue weighted by Crippen LogP contribution is 2.30. The Kier molecular flexibility index (Phi) is 4.79. The molecule has 4 rings (SSSR count). The molecule has 0 radical (unpaired) electrons. The van der Waals surface area contributed by atoms with Gasteiger partial charge in [0.2, 0.25) is 0 Å². The zero-order valence-corrected chi connectivity index (χ0v) is 15.2. The number of ether oxygens (including phenoxy) is 1. The Morgan fingerprint density at radius 2 is 1.74 bits per heavy atom. The maximum atomic E-state index is 12.5. The summed E-state index contributed by atoms with van der Waals surface area (Å²) in [5.74, 6) is 0.620. The summed E-state index contributed by atoms with van der Waals surface area (Å²) in [6.45, 7) is 2.82. The number of hydrogen-bond donors (Lipinski definition) is 1. The lowest BCUT2D eigenvalue weighted by atomic mass is 10.1. The normalized spacial score (nSPS) is 11.0. The summed E-state index contributed by atoms with van der Waals surface area (Å²) < 4.78 is 11.5. The Morgan fingerprint density at radius 1 is 0.963 bits per heavy atom. The van der Waals surface area contributed by atoms with Crippen molar-refractivity contribution in [2.24, 2.45) is 0 Å². The number of nitrogens with one attached hydrogen (secondary N) is 1. The first-order chi connectivity index (χ1) is 13.2. The van der Waals surface area contributed by atoms with Crippen molar-refractivity contribution in [2.75, 3.05) is 11.9 Å². The third kappa shape index (κ3) is 3.65. The number of carbonyl (C=O) groups excluding carboxylic acids is 1. The second-order valence-corrected chi connectivity index (χ2v) is 6.49. The van der Waals surface area contributed by atoms with Crippen molar-refractivity contribution in [3.05, 3.63) is 72.3 Å². The molecule has 0 fully saturated rings. The number of hydrogen-bond acceptors (Lipinski definition) is 3. The van der Waals surface area contributed by atoms with Crippen LogP contribution in [0.5, 0.6) is 5.75 Å². The molecule has 4 aromatic rings. The Bertz CT molecular complexity index is 1080. The summed E-state index contributed by atoms with van der Waals surface area (Å²) in [5.41, 5.74) is 2.89. The molecule has 1 heterocycles. The van der Waals surface area contributed by atoms with Gasteiger partial charge in [0.1, 0.15) is 16.9 Å². The van der Waals surface area contributed by atoms with E-state index in [0.717, 1.165) is 40.5 Å². The van der Waals surface area contributed by atoms with Gasteiger partial charge >= 0.3 is 0 Å². The molecule has 27 heavy (non-hydrogen) atoms. The highest BCUT2D eigenvalue weighted by Gasteiger charge is 2.10. The quantitative estimate of drug-likeness (QED) is 0.428. The largest absolute Gasteiger partial charge is 0.494 e. The van der Waals surface area contributed by atoms with E-state index in [2.05, 4.69) is 12.2 Å². The van der Waals surface area contributed by atoms with Crippen LogP contribution in [0.1, 0.15) is 30.1 Å². The number of carbonyl (C=O) groups is 1. The van der Waals surface area contributed by atoms with E-state index in [4.69, 9.17) is 9.15 Å². The first kappa shape index (κ1) is 17.2. The van der Waals surface area contributed by atoms with Crippen molar-refractivity contribution in [3.63, 3.8) is 0 Å². The molecule has 4 nitrogen and oxygen atoms in total. The van der Waals surface area contributed by atoms with Gasteiger partial charge < -0.3 is 14.5 Å². The lowest BCUT2D eigenvalue weighted by molar-refractivity contribution is 0.102. The SMILES string of the molecule is CCCCOc1ccc(C(=O)Nc2ccc3c(c2)oc2ccccc23)cc1. The molecule has 0 saturated carbocycles. The molecule has 0 atom stereocenters. The molecule has 0 aliphatic rings. The molecule has 3 aromatic carbocycles. The van der Waals surface area contributed by atoms with Crippen LogP contribution in [0.3, 0.4) is 0 Å². The molecule has 136 valence electrons. The van der Waals surface area contributed by atoms with E-state index in [0.29, 0.717) is 17.9 Å². The topological polar surface area (TPSA) is 51.5 Å². The first-order valence-corrected chi connectivity index (χ1v) is 9.20. The van der Waals surface area contributed by atoms with E-state index in [9.17, 15) is 4.79 Å². The van der Waals surface area contributed by atoms with Crippen LogP contribution in [0.2, 0.25) is 0 Å². The molecule has 0 aliphatic heterocycles. The number of furan rings is 1. The summed E-state index contributed by atoms with van der Waals surface area (Å²) in [6, 6.07) is 20.8. The lowest BCUT2D eigenvalue weighted by Gasteiger charge is -2.08. The number of para-hydroxylation sites is 1. The molecular formula is C23H21NO3. The van der Waals surface area contributed by atoms with Gasteiger partial charge in [0.15, 0.2) is 0 Å². The second kappa shape index (κ2) is 7.54. The molecule has 0 aliphatic carbocycles. The molecule has 1 N–H and O–H groups in total. The number of fused-ring (bicyclic) bond motifs is 3. The fourth-order valence-electron chi connectivity index (χ4n) is 3.04.